The predicted molar refractivity (Wildman–Crippen MR) is 79.8 cm³/mol. The van der Waals surface area contributed by atoms with Gasteiger partial charge in [0.1, 0.15) is 4.90 Å². The molecule has 2 N–H and O–H groups in total. The van der Waals surface area contributed by atoms with Crippen LogP contribution in [-0.4, -0.2) is 26.4 Å². The molecule has 1 aromatic carbocycles. The van der Waals surface area contributed by atoms with Crippen molar-refractivity contribution >= 4 is 21.4 Å². The summed E-state index contributed by atoms with van der Waals surface area (Å²) in [6, 6.07) is 3.81. The van der Waals surface area contributed by atoms with E-state index in [1.54, 1.807) is 0 Å². The van der Waals surface area contributed by atoms with E-state index in [0.29, 0.717) is 18.8 Å². The Hall–Kier alpha value is -1.67. The monoisotopic (exact) mass is 313 g/mol. The molecule has 0 aliphatic heterocycles. The first-order chi connectivity index (χ1) is 9.77. The minimum absolute atomic E-state index is 0.0200. The zero-order chi connectivity index (χ0) is 15.7. The summed E-state index contributed by atoms with van der Waals surface area (Å²) < 4.78 is 27.4. The van der Waals surface area contributed by atoms with E-state index in [1.807, 2.05) is 13.8 Å². The third-order valence-electron chi connectivity index (χ3n) is 3.63. The summed E-state index contributed by atoms with van der Waals surface area (Å²) in [5.74, 6) is 0. The fourth-order valence-electron chi connectivity index (χ4n) is 1.92. The molecular formula is C13H19N3O4S. The number of rotatable bonds is 7. The van der Waals surface area contributed by atoms with E-state index >= 15 is 0 Å². The van der Waals surface area contributed by atoms with Crippen LogP contribution in [0.2, 0.25) is 0 Å². The van der Waals surface area contributed by atoms with Crippen LogP contribution in [0.1, 0.15) is 26.7 Å². The Bertz CT molecular complexity index is 653. The van der Waals surface area contributed by atoms with Crippen LogP contribution in [0.15, 0.2) is 23.1 Å². The standard InChI is InChI=1S/C13H19N3O4S/c1-3-14-11-5-4-10(16(17)18)8-12(11)21(19,20)15-9-13(2)6-7-13/h4-5,8,14-15H,3,6-7,9H2,1-2H3. The van der Waals surface area contributed by atoms with Crippen LogP contribution in [0.3, 0.4) is 0 Å². The third-order valence-corrected chi connectivity index (χ3v) is 5.07. The molecule has 0 saturated heterocycles. The van der Waals surface area contributed by atoms with E-state index in [2.05, 4.69) is 10.0 Å². The highest BCUT2D eigenvalue weighted by Crippen LogP contribution is 2.44. The van der Waals surface area contributed by atoms with Crippen molar-refractivity contribution in [3.8, 4) is 0 Å². The van der Waals surface area contributed by atoms with Gasteiger partial charge in [-0.1, -0.05) is 6.92 Å². The van der Waals surface area contributed by atoms with Gasteiger partial charge in [0.15, 0.2) is 0 Å². The minimum atomic E-state index is -3.78. The number of nitrogens with zero attached hydrogens (tertiary/aromatic N) is 1. The minimum Gasteiger partial charge on any atom is -0.384 e. The first-order valence-corrected chi connectivity index (χ1v) is 8.28. The van der Waals surface area contributed by atoms with Crippen LogP contribution in [-0.2, 0) is 10.0 Å². The van der Waals surface area contributed by atoms with E-state index in [9.17, 15) is 18.5 Å². The fourth-order valence-corrected chi connectivity index (χ4v) is 3.32. The third kappa shape index (κ3) is 3.70. The maximum Gasteiger partial charge on any atom is 0.270 e. The molecule has 8 heteroatoms. The van der Waals surface area contributed by atoms with Crippen molar-refractivity contribution in [2.24, 2.45) is 5.41 Å². The van der Waals surface area contributed by atoms with Crippen molar-refractivity contribution in [2.45, 2.75) is 31.6 Å². The Morgan fingerprint density at radius 1 is 1.38 bits per heavy atom. The lowest BCUT2D eigenvalue weighted by molar-refractivity contribution is -0.385. The summed E-state index contributed by atoms with van der Waals surface area (Å²) in [6.45, 7) is 4.71. The van der Waals surface area contributed by atoms with Crippen molar-refractivity contribution in [1.82, 2.24) is 4.72 Å². The Morgan fingerprint density at radius 2 is 2.05 bits per heavy atom. The second kappa shape index (κ2) is 5.61. The lowest BCUT2D eigenvalue weighted by Crippen LogP contribution is -2.29. The van der Waals surface area contributed by atoms with Crippen LogP contribution < -0.4 is 10.0 Å². The highest BCUT2D eigenvalue weighted by Gasteiger charge is 2.38. The molecule has 0 radical (unpaired) electrons. The largest absolute Gasteiger partial charge is 0.384 e. The van der Waals surface area contributed by atoms with E-state index in [1.165, 1.54) is 12.1 Å². The van der Waals surface area contributed by atoms with Crippen molar-refractivity contribution in [3.63, 3.8) is 0 Å². The number of anilines is 1. The maximum atomic E-state index is 12.4. The van der Waals surface area contributed by atoms with Gasteiger partial charge in [0, 0.05) is 25.2 Å². The van der Waals surface area contributed by atoms with Crippen molar-refractivity contribution < 1.29 is 13.3 Å². The molecule has 0 bridgehead atoms. The van der Waals surface area contributed by atoms with Gasteiger partial charge in [-0.2, -0.15) is 0 Å². The zero-order valence-electron chi connectivity index (χ0n) is 12.0. The molecule has 1 aliphatic carbocycles. The predicted octanol–water partition coefficient (Wildman–Crippen LogP) is 2.10. The van der Waals surface area contributed by atoms with Gasteiger partial charge in [-0.15, -0.1) is 0 Å². The van der Waals surface area contributed by atoms with Crippen LogP contribution in [0, 0.1) is 15.5 Å². The van der Waals surface area contributed by atoms with Gasteiger partial charge < -0.3 is 5.32 Å². The highest BCUT2D eigenvalue weighted by molar-refractivity contribution is 7.89. The van der Waals surface area contributed by atoms with Gasteiger partial charge in [-0.05, 0) is 31.2 Å². The molecule has 116 valence electrons. The average molecular weight is 313 g/mol. The lowest BCUT2D eigenvalue weighted by Gasteiger charge is -2.14. The quantitative estimate of drug-likeness (QED) is 0.593. The molecule has 1 fully saturated rings. The molecule has 1 saturated carbocycles. The lowest BCUT2D eigenvalue weighted by atomic mass is 10.2. The van der Waals surface area contributed by atoms with E-state index < -0.39 is 14.9 Å². The molecule has 0 spiro atoms. The number of non-ortho nitro benzene ring substituents is 1. The number of hydrogen-bond acceptors (Lipinski definition) is 5. The average Bonchev–Trinajstić information content (AvgIpc) is 3.16. The van der Waals surface area contributed by atoms with Crippen LogP contribution in [0.25, 0.3) is 0 Å². The van der Waals surface area contributed by atoms with Crippen molar-refractivity contribution in [3.05, 3.63) is 28.3 Å². The van der Waals surface area contributed by atoms with Crippen molar-refractivity contribution in [2.75, 3.05) is 18.4 Å². The molecule has 0 unspecified atom stereocenters. The van der Waals surface area contributed by atoms with Gasteiger partial charge >= 0.3 is 0 Å². The fraction of sp³-hybridized carbons (Fsp3) is 0.538. The molecule has 2 rings (SSSR count). The Kier molecular flexibility index (Phi) is 4.20. The summed E-state index contributed by atoms with van der Waals surface area (Å²) in [7, 11) is -3.78. The first kappa shape index (κ1) is 15.7. The second-order valence-electron chi connectivity index (χ2n) is 5.60. The number of sulfonamides is 1. The van der Waals surface area contributed by atoms with Crippen LogP contribution in [0.5, 0.6) is 0 Å². The van der Waals surface area contributed by atoms with Crippen LogP contribution >= 0.6 is 0 Å². The molecule has 0 atom stereocenters. The number of hydrogen-bond donors (Lipinski definition) is 2. The summed E-state index contributed by atoms with van der Waals surface area (Å²) >= 11 is 0. The van der Waals surface area contributed by atoms with Gasteiger partial charge in [0.2, 0.25) is 10.0 Å². The summed E-state index contributed by atoms with van der Waals surface area (Å²) in [4.78, 5) is 10.2. The SMILES string of the molecule is CCNc1ccc([N+](=O)[O-])cc1S(=O)(=O)NCC1(C)CC1. The molecule has 7 nitrogen and oxygen atoms in total. The summed E-state index contributed by atoms with van der Waals surface area (Å²) in [6.07, 6.45) is 1.98. The van der Waals surface area contributed by atoms with E-state index in [0.717, 1.165) is 18.9 Å². The van der Waals surface area contributed by atoms with Gasteiger partial charge in [-0.3, -0.25) is 10.1 Å². The summed E-state index contributed by atoms with van der Waals surface area (Å²) in [5.41, 5.74) is 0.151. The number of nitro groups is 1. The second-order valence-corrected chi connectivity index (χ2v) is 7.34. The maximum absolute atomic E-state index is 12.4. The normalized spacial score (nSPS) is 16.5. The molecular weight excluding hydrogens is 294 g/mol. The van der Waals surface area contributed by atoms with Crippen molar-refractivity contribution in [1.29, 1.82) is 0 Å². The molecule has 0 aromatic heterocycles. The Morgan fingerprint density at radius 3 is 2.57 bits per heavy atom. The molecule has 0 amide bonds. The molecule has 1 aliphatic rings. The smallest absolute Gasteiger partial charge is 0.270 e. The Labute approximate surface area is 123 Å². The molecule has 1 aromatic rings. The zero-order valence-corrected chi connectivity index (χ0v) is 12.9. The Balaban J connectivity index is 2.33. The van der Waals surface area contributed by atoms with E-state index in [4.69, 9.17) is 0 Å². The topological polar surface area (TPSA) is 101 Å². The number of benzene rings is 1. The van der Waals surface area contributed by atoms with Gasteiger partial charge in [0.05, 0.1) is 10.6 Å². The number of nitrogens with one attached hydrogen (secondary N) is 2. The summed E-state index contributed by atoms with van der Waals surface area (Å²) in [5, 5.41) is 13.8. The van der Waals surface area contributed by atoms with Gasteiger partial charge in [0.25, 0.3) is 5.69 Å². The number of nitro benzene ring substituents is 1. The molecule has 21 heavy (non-hydrogen) atoms. The van der Waals surface area contributed by atoms with E-state index in [-0.39, 0.29) is 16.0 Å². The van der Waals surface area contributed by atoms with Crippen LogP contribution in [0.4, 0.5) is 11.4 Å². The first-order valence-electron chi connectivity index (χ1n) is 6.79. The van der Waals surface area contributed by atoms with Gasteiger partial charge in [-0.25, -0.2) is 13.1 Å². The molecule has 0 heterocycles. The highest BCUT2D eigenvalue weighted by atomic mass is 32.2.